The van der Waals surface area contributed by atoms with Crippen molar-refractivity contribution in [1.82, 2.24) is 15.0 Å². The van der Waals surface area contributed by atoms with Crippen LogP contribution in [0.15, 0.2) is 0 Å². The maximum Gasteiger partial charge on any atom is 0.223 e. The summed E-state index contributed by atoms with van der Waals surface area (Å²) in [5, 5.41) is 8.43. The molecule has 0 aliphatic heterocycles. The molecule has 1 heterocycles. The molecule has 100 valence electrons. The number of hydrogen-bond acceptors (Lipinski definition) is 3. The van der Waals surface area contributed by atoms with Crippen molar-refractivity contribution in [2.45, 2.75) is 64.3 Å². The van der Waals surface area contributed by atoms with Gasteiger partial charge >= 0.3 is 0 Å². The summed E-state index contributed by atoms with van der Waals surface area (Å²) in [6.45, 7) is 2.13. The third kappa shape index (κ3) is 2.89. The van der Waals surface area contributed by atoms with E-state index in [0.717, 1.165) is 24.2 Å². The number of nitrogens with zero attached hydrogens (tertiary/aromatic N) is 3. The van der Waals surface area contributed by atoms with Gasteiger partial charge in [0.2, 0.25) is 5.91 Å². The third-order valence-corrected chi connectivity index (χ3v) is 3.62. The highest BCUT2D eigenvalue weighted by atomic mass is 16.1. The first-order valence-corrected chi connectivity index (χ1v) is 6.93. The van der Waals surface area contributed by atoms with E-state index in [4.69, 9.17) is 5.73 Å². The van der Waals surface area contributed by atoms with Crippen molar-refractivity contribution in [3.63, 3.8) is 0 Å². The van der Waals surface area contributed by atoms with Gasteiger partial charge in [-0.25, -0.2) is 4.68 Å². The number of hydrogen-bond donors (Lipinski definition) is 1. The summed E-state index contributed by atoms with van der Waals surface area (Å²) in [5.74, 6) is -0.331. The van der Waals surface area contributed by atoms with E-state index in [-0.39, 0.29) is 12.3 Å². The summed E-state index contributed by atoms with van der Waals surface area (Å²) >= 11 is 0. The lowest BCUT2D eigenvalue weighted by Gasteiger charge is -2.23. The lowest BCUT2D eigenvalue weighted by molar-refractivity contribution is -0.117. The third-order valence-electron chi connectivity index (χ3n) is 3.62. The Labute approximate surface area is 108 Å². The normalized spacial score (nSPS) is 16.9. The fraction of sp³-hybridized carbons (Fsp3) is 0.769. The largest absolute Gasteiger partial charge is 0.369 e. The first-order chi connectivity index (χ1) is 8.72. The molecule has 2 rings (SSSR count). The zero-order valence-electron chi connectivity index (χ0n) is 11.1. The first-order valence-electron chi connectivity index (χ1n) is 6.93. The molecule has 0 saturated heterocycles. The minimum absolute atomic E-state index is 0.210. The number of primary amides is 1. The van der Waals surface area contributed by atoms with E-state index in [0.29, 0.717) is 6.04 Å². The van der Waals surface area contributed by atoms with E-state index in [9.17, 15) is 4.79 Å². The standard InChI is InChI=1S/C13H22N4O/c1-2-6-12-11(9-13(14)18)15-16-17(12)10-7-4-3-5-8-10/h10H,2-9H2,1H3,(H2,14,18). The molecule has 0 aromatic carbocycles. The Hall–Kier alpha value is -1.39. The van der Waals surface area contributed by atoms with Crippen LogP contribution < -0.4 is 5.73 Å². The number of aromatic nitrogens is 3. The number of nitrogens with two attached hydrogens (primary N) is 1. The number of carbonyl (C=O) groups is 1. The minimum atomic E-state index is -0.331. The molecule has 2 N–H and O–H groups in total. The second kappa shape index (κ2) is 5.98. The highest BCUT2D eigenvalue weighted by molar-refractivity contribution is 5.76. The topological polar surface area (TPSA) is 73.8 Å². The molecule has 1 fully saturated rings. The molecule has 1 aliphatic carbocycles. The van der Waals surface area contributed by atoms with Crippen molar-refractivity contribution in [3.8, 4) is 0 Å². The van der Waals surface area contributed by atoms with Gasteiger partial charge in [0.05, 0.1) is 23.9 Å². The Morgan fingerprint density at radius 1 is 1.39 bits per heavy atom. The van der Waals surface area contributed by atoms with Gasteiger partial charge in [0.15, 0.2) is 0 Å². The average molecular weight is 250 g/mol. The Kier molecular flexibility index (Phi) is 4.33. The Morgan fingerprint density at radius 2 is 2.11 bits per heavy atom. The fourth-order valence-electron chi connectivity index (χ4n) is 2.76. The molecule has 1 amide bonds. The molecule has 1 aromatic rings. The summed E-state index contributed by atoms with van der Waals surface area (Å²) in [7, 11) is 0. The first kappa shape index (κ1) is 13.1. The van der Waals surface area contributed by atoms with Gasteiger partial charge in [0.25, 0.3) is 0 Å². The van der Waals surface area contributed by atoms with Crippen LogP contribution in [0.5, 0.6) is 0 Å². The van der Waals surface area contributed by atoms with Crippen molar-refractivity contribution in [2.24, 2.45) is 5.73 Å². The zero-order chi connectivity index (χ0) is 13.0. The van der Waals surface area contributed by atoms with Crippen molar-refractivity contribution in [3.05, 3.63) is 11.4 Å². The molecular formula is C13H22N4O. The highest BCUT2D eigenvalue weighted by Crippen LogP contribution is 2.29. The van der Waals surface area contributed by atoms with Crippen molar-refractivity contribution in [2.75, 3.05) is 0 Å². The van der Waals surface area contributed by atoms with Gasteiger partial charge in [-0.3, -0.25) is 4.79 Å². The smallest absolute Gasteiger partial charge is 0.223 e. The van der Waals surface area contributed by atoms with Gasteiger partial charge in [-0.15, -0.1) is 5.10 Å². The molecule has 0 radical (unpaired) electrons. The van der Waals surface area contributed by atoms with Crippen molar-refractivity contribution < 1.29 is 4.79 Å². The summed E-state index contributed by atoms with van der Waals surface area (Å²) < 4.78 is 2.06. The molecule has 1 saturated carbocycles. The maximum atomic E-state index is 11.1. The van der Waals surface area contributed by atoms with Gasteiger partial charge < -0.3 is 5.73 Å². The van der Waals surface area contributed by atoms with E-state index in [1.165, 1.54) is 32.1 Å². The molecule has 0 spiro atoms. The quantitative estimate of drug-likeness (QED) is 0.865. The SMILES string of the molecule is CCCc1c(CC(N)=O)nnn1C1CCCCC1. The predicted octanol–water partition coefficient (Wildman–Crippen LogP) is 1.76. The minimum Gasteiger partial charge on any atom is -0.369 e. The average Bonchev–Trinajstić information content (AvgIpc) is 2.73. The zero-order valence-corrected chi connectivity index (χ0v) is 11.1. The molecule has 1 aromatic heterocycles. The molecule has 0 atom stereocenters. The maximum absolute atomic E-state index is 11.1. The highest BCUT2D eigenvalue weighted by Gasteiger charge is 2.22. The molecule has 0 unspecified atom stereocenters. The molecule has 18 heavy (non-hydrogen) atoms. The van der Waals surface area contributed by atoms with Gasteiger partial charge in [-0.2, -0.15) is 0 Å². The summed E-state index contributed by atoms with van der Waals surface area (Å²) in [4.78, 5) is 11.1. The molecule has 0 bridgehead atoms. The van der Waals surface area contributed by atoms with Crippen LogP contribution in [0.25, 0.3) is 0 Å². The van der Waals surface area contributed by atoms with Crippen LogP contribution in [0, 0.1) is 0 Å². The Bertz CT molecular complexity index is 407. The predicted molar refractivity (Wildman–Crippen MR) is 69.0 cm³/mol. The van der Waals surface area contributed by atoms with E-state index in [2.05, 4.69) is 21.9 Å². The lowest BCUT2D eigenvalue weighted by atomic mass is 9.95. The van der Waals surface area contributed by atoms with Crippen molar-refractivity contribution in [1.29, 1.82) is 0 Å². The van der Waals surface area contributed by atoms with E-state index in [1.54, 1.807) is 0 Å². The second-order valence-electron chi connectivity index (χ2n) is 5.11. The lowest BCUT2D eigenvalue weighted by Crippen LogP contribution is -2.18. The van der Waals surface area contributed by atoms with Gasteiger partial charge in [0, 0.05) is 0 Å². The van der Waals surface area contributed by atoms with Gasteiger partial charge in [-0.05, 0) is 19.3 Å². The Morgan fingerprint density at radius 3 is 2.72 bits per heavy atom. The molecular weight excluding hydrogens is 228 g/mol. The summed E-state index contributed by atoms with van der Waals surface area (Å²) in [6, 6.07) is 0.467. The van der Waals surface area contributed by atoms with Gasteiger partial charge in [-0.1, -0.05) is 37.8 Å². The van der Waals surface area contributed by atoms with Crippen molar-refractivity contribution >= 4 is 5.91 Å². The number of amides is 1. The second-order valence-corrected chi connectivity index (χ2v) is 5.11. The van der Waals surface area contributed by atoms with Crippen LogP contribution in [0.4, 0.5) is 0 Å². The molecule has 5 nitrogen and oxygen atoms in total. The van der Waals surface area contributed by atoms with E-state index >= 15 is 0 Å². The van der Waals surface area contributed by atoms with E-state index < -0.39 is 0 Å². The Balaban J connectivity index is 2.22. The van der Waals surface area contributed by atoms with Crippen LogP contribution in [0.3, 0.4) is 0 Å². The van der Waals surface area contributed by atoms with Gasteiger partial charge in [0.1, 0.15) is 0 Å². The summed E-state index contributed by atoms with van der Waals surface area (Å²) in [6.07, 6.45) is 8.37. The fourth-order valence-corrected chi connectivity index (χ4v) is 2.76. The van der Waals surface area contributed by atoms with Crippen LogP contribution in [0.1, 0.15) is 62.9 Å². The van der Waals surface area contributed by atoms with Crippen LogP contribution in [-0.4, -0.2) is 20.9 Å². The monoisotopic (exact) mass is 250 g/mol. The van der Waals surface area contributed by atoms with E-state index in [1.807, 2.05) is 0 Å². The number of rotatable bonds is 5. The molecule has 5 heteroatoms. The van der Waals surface area contributed by atoms with Crippen LogP contribution in [-0.2, 0) is 17.6 Å². The summed E-state index contributed by atoms with van der Waals surface area (Å²) in [5.41, 5.74) is 7.15. The number of carbonyl (C=O) groups excluding carboxylic acids is 1. The van der Waals surface area contributed by atoms with Crippen LogP contribution >= 0.6 is 0 Å². The molecule has 1 aliphatic rings. The van der Waals surface area contributed by atoms with Crippen LogP contribution in [0.2, 0.25) is 0 Å².